The normalized spacial score (nSPS) is 10.0. The van der Waals surface area contributed by atoms with E-state index in [0.717, 1.165) is 17.3 Å². The Hall–Kier alpha value is -0.420. The minimum absolute atomic E-state index is 0.124. The van der Waals surface area contributed by atoms with Crippen LogP contribution in [0.25, 0.3) is 0 Å². The summed E-state index contributed by atoms with van der Waals surface area (Å²) in [6, 6.07) is 5.17. The molecule has 0 aliphatic rings. The highest BCUT2D eigenvalue weighted by Gasteiger charge is 2.11. The number of hydrogen-bond donors (Lipinski definition) is 0. The van der Waals surface area contributed by atoms with E-state index < -0.39 is 0 Å². The predicted molar refractivity (Wildman–Crippen MR) is 58.3 cm³/mol. The van der Waals surface area contributed by atoms with Gasteiger partial charge < -0.3 is 0 Å². The molecule has 0 heterocycles. The second kappa shape index (κ2) is 4.72. The Morgan fingerprint density at radius 1 is 1.46 bits per heavy atom. The van der Waals surface area contributed by atoms with E-state index in [2.05, 4.69) is 31.9 Å². The maximum Gasteiger partial charge on any atom is 0.283 e. The number of hydrogen-bond acceptors (Lipinski definition) is 2. The van der Waals surface area contributed by atoms with Crippen LogP contribution in [-0.4, -0.2) is 10.3 Å². The Morgan fingerprint density at radius 3 is 2.69 bits per heavy atom. The van der Waals surface area contributed by atoms with Crippen LogP contribution in [0, 0.1) is 10.1 Å². The van der Waals surface area contributed by atoms with E-state index in [0.29, 0.717) is 4.47 Å². The fraction of sp³-hybridized carbons (Fsp3) is 0.250. The number of halogens is 2. The number of rotatable bonds is 3. The third kappa shape index (κ3) is 2.77. The zero-order valence-corrected chi connectivity index (χ0v) is 9.84. The van der Waals surface area contributed by atoms with E-state index in [4.69, 9.17) is 0 Å². The number of benzene rings is 1. The first-order chi connectivity index (χ1) is 6.15. The summed E-state index contributed by atoms with van der Waals surface area (Å²) in [5, 5.41) is 11.4. The van der Waals surface area contributed by atoms with Crippen molar-refractivity contribution in [1.29, 1.82) is 0 Å². The lowest BCUT2D eigenvalue weighted by Crippen LogP contribution is -1.92. The third-order valence-electron chi connectivity index (χ3n) is 1.59. The van der Waals surface area contributed by atoms with E-state index in [1.54, 1.807) is 12.1 Å². The van der Waals surface area contributed by atoms with Crippen molar-refractivity contribution in [3.8, 4) is 0 Å². The molecule has 3 nitrogen and oxygen atoms in total. The third-order valence-corrected chi connectivity index (χ3v) is 2.66. The molecule has 0 fully saturated rings. The summed E-state index contributed by atoms with van der Waals surface area (Å²) in [5.41, 5.74) is 1.09. The van der Waals surface area contributed by atoms with Gasteiger partial charge in [0.2, 0.25) is 0 Å². The van der Waals surface area contributed by atoms with Gasteiger partial charge in [0.15, 0.2) is 0 Å². The molecule has 0 atom stereocenters. The van der Waals surface area contributed by atoms with E-state index in [9.17, 15) is 10.1 Å². The maximum atomic E-state index is 10.5. The number of alkyl halides is 1. The van der Waals surface area contributed by atoms with E-state index in [1.807, 2.05) is 6.07 Å². The SMILES string of the molecule is O=[N+]([O-])c1cc(CCBr)ccc1Br. The van der Waals surface area contributed by atoms with Gasteiger partial charge >= 0.3 is 0 Å². The van der Waals surface area contributed by atoms with E-state index in [1.165, 1.54) is 0 Å². The molecule has 0 saturated carbocycles. The molecule has 0 aliphatic heterocycles. The number of nitro benzene ring substituents is 1. The zero-order valence-electron chi connectivity index (χ0n) is 6.67. The first kappa shape index (κ1) is 10.7. The van der Waals surface area contributed by atoms with Crippen LogP contribution >= 0.6 is 31.9 Å². The number of aryl methyl sites for hydroxylation is 1. The summed E-state index contributed by atoms with van der Waals surface area (Å²) in [5.74, 6) is 0. The highest BCUT2D eigenvalue weighted by molar-refractivity contribution is 9.10. The Morgan fingerprint density at radius 2 is 2.15 bits per heavy atom. The van der Waals surface area contributed by atoms with Crippen molar-refractivity contribution in [2.75, 3.05) is 5.33 Å². The van der Waals surface area contributed by atoms with Gasteiger partial charge in [-0.3, -0.25) is 10.1 Å². The van der Waals surface area contributed by atoms with Gasteiger partial charge in [-0.2, -0.15) is 0 Å². The molecule has 0 saturated heterocycles. The monoisotopic (exact) mass is 307 g/mol. The molecule has 1 aromatic carbocycles. The van der Waals surface area contributed by atoms with Gasteiger partial charge in [-0.1, -0.05) is 22.0 Å². The van der Waals surface area contributed by atoms with Crippen molar-refractivity contribution in [2.45, 2.75) is 6.42 Å². The average Bonchev–Trinajstić information content (AvgIpc) is 2.08. The molecule has 0 N–H and O–H groups in total. The molecular formula is C8H7Br2NO2. The number of nitro groups is 1. The van der Waals surface area contributed by atoms with Crippen LogP contribution in [0.15, 0.2) is 22.7 Å². The second-order valence-corrected chi connectivity index (χ2v) is 4.13. The molecule has 70 valence electrons. The largest absolute Gasteiger partial charge is 0.283 e. The standard InChI is InChI=1S/C8H7Br2NO2/c9-4-3-6-1-2-7(10)8(5-6)11(12)13/h1-2,5H,3-4H2. The Bertz CT molecular complexity index is 328. The number of nitrogens with zero attached hydrogens (tertiary/aromatic N) is 1. The van der Waals surface area contributed by atoms with Crippen molar-refractivity contribution >= 4 is 37.5 Å². The molecule has 0 amide bonds. The molecule has 0 aliphatic carbocycles. The lowest BCUT2D eigenvalue weighted by atomic mass is 10.1. The molecule has 1 aromatic rings. The molecule has 0 aromatic heterocycles. The first-order valence-electron chi connectivity index (χ1n) is 3.64. The summed E-state index contributed by atoms with van der Waals surface area (Å²) < 4.78 is 0.524. The highest BCUT2D eigenvalue weighted by Crippen LogP contribution is 2.25. The fourth-order valence-corrected chi connectivity index (χ4v) is 1.81. The van der Waals surface area contributed by atoms with Crippen molar-refractivity contribution in [1.82, 2.24) is 0 Å². The molecular weight excluding hydrogens is 302 g/mol. The first-order valence-corrected chi connectivity index (χ1v) is 5.55. The Labute approximate surface area is 92.5 Å². The predicted octanol–water partition coefficient (Wildman–Crippen LogP) is 3.29. The Kier molecular flexibility index (Phi) is 3.87. The minimum Gasteiger partial charge on any atom is -0.258 e. The topological polar surface area (TPSA) is 43.1 Å². The van der Waals surface area contributed by atoms with Crippen LogP contribution in [0.5, 0.6) is 0 Å². The van der Waals surface area contributed by atoms with Crippen molar-refractivity contribution in [3.05, 3.63) is 38.3 Å². The average molecular weight is 309 g/mol. The molecule has 1 rings (SSSR count). The summed E-state index contributed by atoms with van der Waals surface area (Å²) in [7, 11) is 0. The van der Waals surface area contributed by atoms with Crippen LogP contribution < -0.4 is 0 Å². The van der Waals surface area contributed by atoms with Crippen molar-refractivity contribution in [2.24, 2.45) is 0 Å². The summed E-state index contributed by atoms with van der Waals surface area (Å²) in [4.78, 5) is 10.2. The van der Waals surface area contributed by atoms with Crippen LogP contribution in [0.2, 0.25) is 0 Å². The van der Waals surface area contributed by atoms with Crippen LogP contribution in [0.1, 0.15) is 5.56 Å². The van der Waals surface area contributed by atoms with Gasteiger partial charge in [0.1, 0.15) is 0 Å². The van der Waals surface area contributed by atoms with Gasteiger partial charge in [0, 0.05) is 11.4 Å². The molecule has 0 spiro atoms. The molecule has 13 heavy (non-hydrogen) atoms. The van der Waals surface area contributed by atoms with Crippen LogP contribution in [-0.2, 0) is 6.42 Å². The molecule has 0 radical (unpaired) electrons. The van der Waals surface area contributed by atoms with Crippen molar-refractivity contribution < 1.29 is 4.92 Å². The van der Waals surface area contributed by atoms with Gasteiger partial charge in [-0.25, -0.2) is 0 Å². The van der Waals surface area contributed by atoms with E-state index >= 15 is 0 Å². The minimum atomic E-state index is -0.387. The molecule has 5 heteroatoms. The summed E-state index contributed by atoms with van der Waals surface area (Å²) in [6.07, 6.45) is 0.800. The molecule has 0 unspecified atom stereocenters. The zero-order chi connectivity index (χ0) is 9.84. The molecule has 0 bridgehead atoms. The quantitative estimate of drug-likeness (QED) is 0.488. The highest BCUT2D eigenvalue weighted by atomic mass is 79.9. The Balaban J connectivity index is 3.04. The van der Waals surface area contributed by atoms with Gasteiger partial charge in [0.25, 0.3) is 5.69 Å². The van der Waals surface area contributed by atoms with Crippen LogP contribution in [0.4, 0.5) is 5.69 Å². The van der Waals surface area contributed by atoms with Crippen LogP contribution in [0.3, 0.4) is 0 Å². The van der Waals surface area contributed by atoms with E-state index in [-0.39, 0.29) is 10.6 Å². The lowest BCUT2D eigenvalue weighted by Gasteiger charge is -1.99. The lowest BCUT2D eigenvalue weighted by molar-refractivity contribution is -0.385. The smallest absolute Gasteiger partial charge is 0.258 e. The summed E-state index contributed by atoms with van der Waals surface area (Å²) in [6.45, 7) is 0. The van der Waals surface area contributed by atoms with Gasteiger partial charge in [0.05, 0.1) is 9.40 Å². The second-order valence-electron chi connectivity index (χ2n) is 2.48. The van der Waals surface area contributed by atoms with Gasteiger partial charge in [-0.15, -0.1) is 0 Å². The maximum absolute atomic E-state index is 10.5. The van der Waals surface area contributed by atoms with Crippen molar-refractivity contribution in [3.63, 3.8) is 0 Å². The summed E-state index contributed by atoms with van der Waals surface area (Å²) >= 11 is 6.41. The van der Waals surface area contributed by atoms with Gasteiger partial charge in [-0.05, 0) is 34.0 Å². The fourth-order valence-electron chi connectivity index (χ4n) is 0.963.